The fourth-order valence-corrected chi connectivity index (χ4v) is 5.08. The number of halogens is 9. The zero-order chi connectivity index (χ0) is 35.3. The van der Waals surface area contributed by atoms with Crippen LogP contribution in [0.5, 0.6) is 0 Å². The summed E-state index contributed by atoms with van der Waals surface area (Å²) in [5, 5.41) is 21.4. The van der Waals surface area contributed by atoms with E-state index in [-0.39, 0.29) is 5.60 Å². The Morgan fingerprint density at radius 3 is 1.74 bits per heavy atom. The summed E-state index contributed by atoms with van der Waals surface area (Å²) >= 11 is 0. The molecule has 10 nitrogen and oxygen atoms in total. The van der Waals surface area contributed by atoms with Crippen LogP contribution in [-0.4, -0.2) is 112 Å². The van der Waals surface area contributed by atoms with Crippen LogP contribution in [0.4, 0.5) is 39.5 Å². The minimum Gasteiger partial charge on any atom is -0.475 e. The summed E-state index contributed by atoms with van der Waals surface area (Å²) in [5.41, 5.74) is 1.50. The highest BCUT2D eigenvalue weighted by atomic mass is 19.4. The molecule has 2 aliphatic heterocycles. The minimum absolute atomic E-state index is 0.205. The van der Waals surface area contributed by atoms with Gasteiger partial charge in [-0.1, -0.05) is 18.9 Å². The van der Waals surface area contributed by atoms with E-state index >= 15 is 0 Å². The molecule has 0 radical (unpaired) electrons. The largest absolute Gasteiger partial charge is 0.490 e. The Morgan fingerprint density at radius 1 is 0.891 bits per heavy atom. The van der Waals surface area contributed by atoms with Crippen molar-refractivity contribution in [2.24, 2.45) is 11.8 Å². The Balaban J connectivity index is 0.000000413. The van der Waals surface area contributed by atoms with E-state index in [0.29, 0.717) is 5.92 Å². The number of pyridine rings is 1. The molecule has 46 heavy (non-hydrogen) atoms. The van der Waals surface area contributed by atoms with Crippen LogP contribution in [0.15, 0.2) is 24.5 Å². The maximum Gasteiger partial charge on any atom is 0.490 e. The van der Waals surface area contributed by atoms with Gasteiger partial charge in [-0.05, 0) is 56.2 Å². The Kier molecular flexibility index (Phi) is 15.7. The maximum absolute atomic E-state index is 10.6. The van der Waals surface area contributed by atoms with Gasteiger partial charge in [0.15, 0.2) is 0 Å². The molecule has 3 fully saturated rings. The molecule has 3 heterocycles. The molecule has 264 valence electrons. The SMILES string of the molecule is CN(Cc1cccnc1)CC1CCC2(CN(CC3CCCC3)C2)OC1.O=C(O)C(F)(F)F.O=C(O)C(F)(F)F.O=C(O)C(F)(F)F. The molecule has 1 unspecified atom stereocenters. The van der Waals surface area contributed by atoms with Crippen molar-refractivity contribution in [1.82, 2.24) is 14.8 Å². The Bertz CT molecular complexity index is 1020. The summed E-state index contributed by atoms with van der Waals surface area (Å²) in [6.07, 6.45) is -3.06. The molecule has 4 rings (SSSR count). The molecule has 1 saturated carbocycles. The van der Waals surface area contributed by atoms with Crippen LogP contribution in [0, 0.1) is 11.8 Å². The predicted octanol–water partition coefficient (Wildman–Crippen LogP) is 5.08. The zero-order valence-corrected chi connectivity index (χ0v) is 24.7. The number of hydrogen-bond donors (Lipinski definition) is 3. The van der Waals surface area contributed by atoms with Crippen LogP contribution in [-0.2, 0) is 25.7 Å². The van der Waals surface area contributed by atoms with Gasteiger partial charge in [-0.2, -0.15) is 39.5 Å². The third-order valence-corrected chi connectivity index (χ3v) is 7.12. The molecule has 3 aliphatic rings. The van der Waals surface area contributed by atoms with E-state index in [2.05, 4.69) is 27.9 Å². The molecule has 0 amide bonds. The van der Waals surface area contributed by atoms with E-state index in [1.807, 2.05) is 18.5 Å². The number of likely N-dealkylation sites (tertiary alicyclic amines) is 1. The van der Waals surface area contributed by atoms with Gasteiger partial charge in [-0.25, -0.2) is 14.4 Å². The Hall–Kier alpha value is -3.19. The van der Waals surface area contributed by atoms with Gasteiger partial charge in [0.2, 0.25) is 0 Å². The van der Waals surface area contributed by atoms with Crippen LogP contribution in [0.2, 0.25) is 0 Å². The van der Waals surface area contributed by atoms with Crippen LogP contribution in [0.25, 0.3) is 0 Å². The summed E-state index contributed by atoms with van der Waals surface area (Å²) in [6.45, 7) is 6.72. The molecule has 2 saturated heterocycles. The number of aliphatic carboxylic acids is 3. The van der Waals surface area contributed by atoms with E-state index in [9.17, 15) is 39.5 Å². The van der Waals surface area contributed by atoms with Crippen LogP contribution in [0.1, 0.15) is 44.1 Å². The van der Waals surface area contributed by atoms with Gasteiger partial charge < -0.3 is 25.0 Å². The number of aromatic nitrogens is 1. The number of alkyl halides is 9. The summed E-state index contributed by atoms with van der Waals surface area (Å²) in [5.74, 6) is -6.63. The summed E-state index contributed by atoms with van der Waals surface area (Å²) in [6, 6.07) is 4.17. The van der Waals surface area contributed by atoms with Crippen molar-refractivity contribution in [2.45, 2.75) is 69.2 Å². The van der Waals surface area contributed by atoms with Gasteiger partial charge in [0.25, 0.3) is 0 Å². The molecular weight excluding hydrogens is 649 g/mol. The lowest BCUT2D eigenvalue weighted by Gasteiger charge is -2.53. The first-order valence-corrected chi connectivity index (χ1v) is 13.9. The first-order chi connectivity index (χ1) is 21.0. The number of rotatable bonds is 6. The Labute approximate surface area is 258 Å². The molecule has 1 atom stereocenters. The van der Waals surface area contributed by atoms with Crippen LogP contribution in [0.3, 0.4) is 0 Å². The van der Waals surface area contributed by atoms with Gasteiger partial charge in [-0.3, -0.25) is 9.88 Å². The van der Waals surface area contributed by atoms with E-state index in [1.54, 1.807) is 0 Å². The number of ether oxygens (including phenoxy) is 1. The van der Waals surface area contributed by atoms with Crippen molar-refractivity contribution in [2.75, 3.05) is 39.8 Å². The molecule has 0 aromatic carbocycles. The average Bonchev–Trinajstić information content (AvgIpc) is 3.42. The highest BCUT2D eigenvalue weighted by Crippen LogP contribution is 2.38. The molecule has 1 spiro atoms. The van der Waals surface area contributed by atoms with Gasteiger partial charge in [-0.15, -0.1) is 0 Å². The molecule has 1 aromatic heterocycles. The average molecular weight is 686 g/mol. The molecule has 3 N–H and O–H groups in total. The highest BCUT2D eigenvalue weighted by molar-refractivity contribution is 5.73. The lowest BCUT2D eigenvalue weighted by atomic mass is 9.82. The van der Waals surface area contributed by atoms with E-state index < -0.39 is 36.4 Å². The molecular formula is C27H36F9N3O7. The first kappa shape index (κ1) is 40.8. The lowest BCUT2D eigenvalue weighted by Crippen LogP contribution is -2.65. The molecule has 1 aliphatic carbocycles. The number of carboxylic acids is 3. The molecule has 0 bridgehead atoms. The number of carbonyl (C=O) groups is 3. The van der Waals surface area contributed by atoms with E-state index in [0.717, 1.165) is 25.6 Å². The first-order valence-electron chi connectivity index (χ1n) is 13.9. The lowest BCUT2D eigenvalue weighted by molar-refractivity contribution is -0.193. The zero-order valence-electron chi connectivity index (χ0n) is 24.7. The normalized spacial score (nSPS) is 19.8. The summed E-state index contributed by atoms with van der Waals surface area (Å²) < 4.78 is 102. The topological polar surface area (TPSA) is 140 Å². The predicted molar refractivity (Wildman–Crippen MR) is 141 cm³/mol. The highest BCUT2D eigenvalue weighted by Gasteiger charge is 2.47. The fourth-order valence-electron chi connectivity index (χ4n) is 5.08. The fraction of sp³-hybridized carbons (Fsp3) is 0.704. The van der Waals surface area contributed by atoms with Crippen molar-refractivity contribution >= 4 is 17.9 Å². The Morgan fingerprint density at radius 2 is 1.37 bits per heavy atom. The van der Waals surface area contributed by atoms with Crippen molar-refractivity contribution in [1.29, 1.82) is 0 Å². The minimum atomic E-state index is -5.08. The van der Waals surface area contributed by atoms with Crippen LogP contribution >= 0.6 is 0 Å². The summed E-state index contributed by atoms with van der Waals surface area (Å²) in [4.78, 5) is 36.0. The van der Waals surface area contributed by atoms with Crippen molar-refractivity contribution in [3.63, 3.8) is 0 Å². The van der Waals surface area contributed by atoms with E-state index in [4.69, 9.17) is 34.4 Å². The van der Waals surface area contributed by atoms with Gasteiger partial charge in [0.1, 0.15) is 0 Å². The number of nitrogens with zero attached hydrogens (tertiary/aromatic N) is 3. The van der Waals surface area contributed by atoms with Crippen molar-refractivity contribution in [3.05, 3.63) is 30.1 Å². The third-order valence-electron chi connectivity index (χ3n) is 7.12. The van der Waals surface area contributed by atoms with E-state index in [1.165, 1.54) is 63.7 Å². The van der Waals surface area contributed by atoms with Crippen molar-refractivity contribution < 1.29 is 74.0 Å². The third kappa shape index (κ3) is 15.9. The summed E-state index contributed by atoms with van der Waals surface area (Å²) in [7, 11) is 2.21. The monoisotopic (exact) mass is 685 g/mol. The van der Waals surface area contributed by atoms with Gasteiger partial charge in [0, 0.05) is 45.1 Å². The number of carboxylic acid groups (broad SMARTS) is 3. The quantitative estimate of drug-likeness (QED) is 0.347. The second-order valence-electron chi connectivity index (χ2n) is 11.2. The second-order valence-corrected chi connectivity index (χ2v) is 11.2. The van der Waals surface area contributed by atoms with Crippen LogP contribution < -0.4 is 0 Å². The standard InChI is InChI=1S/C21H33N3O.3C2HF3O2/c1-23(12-19-7-4-10-22-11-19)13-20-8-9-21(25-15-20)16-24(17-21)14-18-5-2-3-6-18;3*3-2(4,5)1(6)7/h4,7,10-11,18,20H,2-3,5-6,8-9,12-17H2,1H3;3*(H,6,7). The van der Waals surface area contributed by atoms with Gasteiger partial charge in [0.05, 0.1) is 12.2 Å². The maximum atomic E-state index is 10.6. The second kappa shape index (κ2) is 17.7. The molecule has 19 heteroatoms. The van der Waals surface area contributed by atoms with Gasteiger partial charge >= 0.3 is 36.4 Å². The smallest absolute Gasteiger partial charge is 0.475 e. The molecule has 1 aromatic rings. The number of hydrogen-bond acceptors (Lipinski definition) is 7. The van der Waals surface area contributed by atoms with Crippen molar-refractivity contribution in [3.8, 4) is 0 Å².